The zero-order valence-electron chi connectivity index (χ0n) is 9.53. The van der Waals surface area contributed by atoms with E-state index >= 15 is 0 Å². The largest absolute Gasteiger partial charge is 0.343 e. The number of nitrogens with zero attached hydrogens (tertiary/aromatic N) is 1. The third-order valence-corrected chi connectivity index (χ3v) is 2.96. The van der Waals surface area contributed by atoms with E-state index in [9.17, 15) is 4.79 Å². The van der Waals surface area contributed by atoms with Crippen LogP contribution < -0.4 is 0 Å². The number of nitrogens with one attached hydrogen (secondary N) is 1. The molecule has 3 rings (SSSR count). The molecule has 0 atom stereocenters. The van der Waals surface area contributed by atoms with E-state index in [-0.39, 0.29) is 5.78 Å². The Labute approximate surface area is 99.2 Å². The van der Waals surface area contributed by atoms with Crippen LogP contribution in [0.4, 0.5) is 0 Å². The van der Waals surface area contributed by atoms with Gasteiger partial charge >= 0.3 is 0 Å². The van der Waals surface area contributed by atoms with Crippen molar-refractivity contribution in [1.82, 2.24) is 9.97 Å². The van der Waals surface area contributed by atoms with Gasteiger partial charge < -0.3 is 4.98 Å². The van der Waals surface area contributed by atoms with Crippen LogP contribution in [0.5, 0.6) is 0 Å². The number of imidazole rings is 1. The van der Waals surface area contributed by atoms with Crippen LogP contribution in [0.2, 0.25) is 0 Å². The molecule has 0 aliphatic heterocycles. The van der Waals surface area contributed by atoms with Gasteiger partial charge in [-0.2, -0.15) is 0 Å². The fourth-order valence-corrected chi connectivity index (χ4v) is 2.16. The molecule has 1 heterocycles. The maximum atomic E-state index is 11.9. The van der Waals surface area contributed by atoms with E-state index in [1.165, 1.54) is 0 Å². The van der Waals surface area contributed by atoms with E-state index in [0.29, 0.717) is 6.42 Å². The molecule has 3 nitrogen and oxygen atoms in total. The first-order chi connectivity index (χ1) is 8.24. The average Bonchev–Trinajstić information content (AvgIpc) is 2.85. The SMILES string of the molecule is Cc1cnc(/C=C2\C(=O)Cc3ccccc32)[nH]1. The van der Waals surface area contributed by atoms with Crippen molar-refractivity contribution in [3.05, 3.63) is 53.1 Å². The Bertz CT molecular complexity index is 623. The second-order valence-electron chi connectivity index (χ2n) is 4.27. The van der Waals surface area contributed by atoms with Crippen molar-refractivity contribution in [3.8, 4) is 0 Å². The number of aryl methyl sites for hydroxylation is 1. The predicted octanol–water partition coefficient (Wildman–Crippen LogP) is 2.38. The van der Waals surface area contributed by atoms with Gasteiger partial charge in [0.15, 0.2) is 5.78 Å². The molecule has 3 heteroatoms. The zero-order chi connectivity index (χ0) is 11.8. The summed E-state index contributed by atoms with van der Waals surface area (Å²) in [5, 5.41) is 0. The number of benzene rings is 1. The lowest BCUT2D eigenvalue weighted by Gasteiger charge is -1.97. The predicted molar refractivity (Wildman–Crippen MR) is 66.3 cm³/mol. The molecule has 1 aliphatic carbocycles. The molecule has 0 spiro atoms. The van der Waals surface area contributed by atoms with Crippen LogP contribution in [0.3, 0.4) is 0 Å². The van der Waals surface area contributed by atoms with Gasteiger partial charge in [0, 0.05) is 23.9 Å². The highest BCUT2D eigenvalue weighted by Crippen LogP contribution is 2.30. The Balaban J connectivity index is 2.09. The minimum atomic E-state index is 0.167. The number of aromatic nitrogens is 2. The van der Waals surface area contributed by atoms with E-state index in [1.54, 1.807) is 6.20 Å². The van der Waals surface area contributed by atoms with Crippen LogP contribution in [0.1, 0.15) is 22.6 Å². The van der Waals surface area contributed by atoms with Crippen LogP contribution in [-0.2, 0) is 11.2 Å². The highest BCUT2D eigenvalue weighted by molar-refractivity contribution is 6.29. The van der Waals surface area contributed by atoms with Crippen LogP contribution >= 0.6 is 0 Å². The average molecular weight is 224 g/mol. The number of hydrogen-bond acceptors (Lipinski definition) is 2. The molecular weight excluding hydrogens is 212 g/mol. The fourth-order valence-electron chi connectivity index (χ4n) is 2.16. The maximum Gasteiger partial charge on any atom is 0.168 e. The second-order valence-corrected chi connectivity index (χ2v) is 4.27. The number of Topliss-reactive ketones (excluding diaryl/α,β-unsaturated/α-hetero) is 1. The summed E-state index contributed by atoms with van der Waals surface area (Å²) >= 11 is 0. The standard InChI is InChI=1S/C14H12N2O/c1-9-8-15-14(16-9)7-12-11-5-3-2-4-10(11)6-13(12)17/h2-5,7-8H,6H2,1H3,(H,15,16)/b12-7-. The van der Waals surface area contributed by atoms with Crippen molar-refractivity contribution < 1.29 is 4.79 Å². The molecule has 17 heavy (non-hydrogen) atoms. The Morgan fingerprint density at radius 2 is 2.18 bits per heavy atom. The van der Waals surface area contributed by atoms with Gasteiger partial charge in [-0.3, -0.25) is 4.79 Å². The molecule has 0 bridgehead atoms. The van der Waals surface area contributed by atoms with Gasteiger partial charge in [-0.15, -0.1) is 0 Å². The molecule has 0 unspecified atom stereocenters. The summed E-state index contributed by atoms with van der Waals surface area (Å²) in [7, 11) is 0. The number of allylic oxidation sites excluding steroid dienone is 1. The molecule has 1 aliphatic rings. The van der Waals surface area contributed by atoms with Crippen LogP contribution in [-0.4, -0.2) is 15.8 Å². The summed E-state index contributed by atoms with van der Waals surface area (Å²) in [4.78, 5) is 19.2. The summed E-state index contributed by atoms with van der Waals surface area (Å²) in [5.41, 5.74) is 3.89. The molecule has 0 amide bonds. The van der Waals surface area contributed by atoms with E-state index in [0.717, 1.165) is 28.2 Å². The van der Waals surface area contributed by atoms with Crippen LogP contribution in [0.25, 0.3) is 11.6 Å². The monoisotopic (exact) mass is 224 g/mol. The lowest BCUT2D eigenvalue weighted by Crippen LogP contribution is -1.94. The minimum absolute atomic E-state index is 0.167. The van der Waals surface area contributed by atoms with Gasteiger partial charge in [0.25, 0.3) is 0 Å². The molecule has 84 valence electrons. The Hall–Kier alpha value is -2.16. The summed E-state index contributed by atoms with van der Waals surface area (Å²) < 4.78 is 0. The number of rotatable bonds is 1. The smallest absolute Gasteiger partial charge is 0.168 e. The van der Waals surface area contributed by atoms with Crippen molar-refractivity contribution in [2.45, 2.75) is 13.3 Å². The molecule has 1 aromatic carbocycles. The number of aromatic amines is 1. The van der Waals surface area contributed by atoms with Crippen molar-refractivity contribution >= 4 is 17.4 Å². The maximum absolute atomic E-state index is 11.9. The molecule has 0 fully saturated rings. The quantitative estimate of drug-likeness (QED) is 0.756. The first kappa shape index (κ1) is 10.0. The molecule has 0 saturated heterocycles. The summed E-state index contributed by atoms with van der Waals surface area (Å²) in [6.45, 7) is 1.94. The van der Waals surface area contributed by atoms with E-state index in [4.69, 9.17) is 0 Å². The van der Waals surface area contributed by atoms with Gasteiger partial charge in [0.05, 0.1) is 0 Å². The van der Waals surface area contributed by atoms with E-state index < -0.39 is 0 Å². The highest BCUT2D eigenvalue weighted by Gasteiger charge is 2.23. The third-order valence-electron chi connectivity index (χ3n) is 2.96. The minimum Gasteiger partial charge on any atom is -0.343 e. The molecule has 1 N–H and O–H groups in total. The molecule has 0 saturated carbocycles. The Morgan fingerprint density at radius 1 is 1.35 bits per heavy atom. The van der Waals surface area contributed by atoms with E-state index in [1.807, 2.05) is 37.3 Å². The van der Waals surface area contributed by atoms with Crippen molar-refractivity contribution in [2.24, 2.45) is 0 Å². The Morgan fingerprint density at radius 3 is 2.94 bits per heavy atom. The molecule has 2 aromatic rings. The number of fused-ring (bicyclic) bond motifs is 1. The van der Waals surface area contributed by atoms with Crippen molar-refractivity contribution in [1.29, 1.82) is 0 Å². The van der Waals surface area contributed by atoms with Crippen molar-refractivity contribution in [3.63, 3.8) is 0 Å². The third kappa shape index (κ3) is 1.69. The summed E-state index contributed by atoms with van der Waals surface area (Å²) in [6, 6.07) is 7.91. The molecule has 0 radical (unpaired) electrons. The van der Waals surface area contributed by atoms with Crippen LogP contribution in [0.15, 0.2) is 30.5 Å². The zero-order valence-corrected chi connectivity index (χ0v) is 9.53. The Kier molecular flexibility index (Phi) is 2.18. The first-order valence-electron chi connectivity index (χ1n) is 5.59. The van der Waals surface area contributed by atoms with Crippen molar-refractivity contribution in [2.75, 3.05) is 0 Å². The summed E-state index contributed by atoms with van der Waals surface area (Å²) in [6.07, 6.45) is 4.10. The van der Waals surface area contributed by atoms with E-state index in [2.05, 4.69) is 9.97 Å². The second kappa shape index (κ2) is 3.70. The number of H-pyrrole nitrogens is 1. The number of ketones is 1. The van der Waals surface area contributed by atoms with Crippen LogP contribution in [0, 0.1) is 6.92 Å². The lowest BCUT2D eigenvalue weighted by atomic mass is 10.1. The first-order valence-corrected chi connectivity index (χ1v) is 5.59. The number of hydrogen-bond donors (Lipinski definition) is 1. The lowest BCUT2D eigenvalue weighted by molar-refractivity contribution is -0.112. The van der Waals surface area contributed by atoms with Gasteiger partial charge in [-0.1, -0.05) is 24.3 Å². The normalized spacial score (nSPS) is 16.5. The van der Waals surface area contributed by atoms with Gasteiger partial charge in [-0.05, 0) is 24.1 Å². The number of carbonyl (C=O) groups is 1. The molecule has 1 aromatic heterocycles. The molecular formula is C14H12N2O. The number of carbonyl (C=O) groups excluding carboxylic acids is 1. The highest BCUT2D eigenvalue weighted by atomic mass is 16.1. The van der Waals surface area contributed by atoms with Gasteiger partial charge in [0.1, 0.15) is 5.82 Å². The fraction of sp³-hybridized carbons (Fsp3) is 0.143. The van der Waals surface area contributed by atoms with Gasteiger partial charge in [-0.25, -0.2) is 4.98 Å². The van der Waals surface area contributed by atoms with Gasteiger partial charge in [0.2, 0.25) is 0 Å². The summed E-state index contributed by atoms with van der Waals surface area (Å²) in [5.74, 6) is 0.905. The topological polar surface area (TPSA) is 45.8 Å².